The minimum atomic E-state index is -1.74. The molecule has 7 atom stereocenters. The third-order valence-electron chi connectivity index (χ3n) is 7.65. The van der Waals surface area contributed by atoms with E-state index >= 15 is 0 Å². The Labute approximate surface area is 293 Å². The van der Waals surface area contributed by atoms with Crippen molar-refractivity contribution in [2.45, 2.75) is 75.8 Å². The van der Waals surface area contributed by atoms with Crippen LogP contribution in [0.25, 0.3) is 0 Å². The van der Waals surface area contributed by atoms with Crippen LogP contribution < -0.4 is 43.4 Å². The summed E-state index contributed by atoms with van der Waals surface area (Å²) in [6.07, 6.45) is -0.535. The van der Waals surface area contributed by atoms with Crippen molar-refractivity contribution >= 4 is 47.3 Å². The van der Waals surface area contributed by atoms with E-state index in [1.54, 1.807) is 44.2 Å². The first-order chi connectivity index (χ1) is 24.1. The Morgan fingerprint density at radius 2 is 1.12 bits per heavy atom. The average Bonchev–Trinajstić information content (AvgIpc) is 3.11. The van der Waals surface area contributed by atoms with Crippen molar-refractivity contribution in [2.75, 3.05) is 26.4 Å². The third-order valence-corrected chi connectivity index (χ3v) is 7.65. The van der Waals surface area contributed by atoms with Crippen LogP contribution in [0.4, 0.5) is 0 Å². The van der Waals surface area contributed by atoms with E-state index in [0.717, 1.165) is 0 Å². The quantitative estimate of drug-likeness (QED) is 0.0502. The summed E-state index contributed by atoms with van der Waals surface area (Å²) in [5.41, 5.74) is 11.0. The van der Waals surface area contributed by atoms with Gasteiger partial charge in [0, 0.05) is 12.8 Å². The Kier molecular flexibility index (Phi) is 19.4. The number of aliphatic hydroxyl groups excluding tert-OH is 3. The number of nitrogens with one attached hydrogen (secondary N) is 6. The van der Waals surface area contributed by atoms with Crippen molar-refractivity contribution < 1.29 is 58.8 Å². The number of amides is 7. The minimum absolute atomic E-state index is 0.191. The number of carboxylic acids is 1. The number of aliphatic carboxylic acids is 1. The summed E-state index contributed by atoms with van der Waals surface area (Å²) in [6.45, 7) is 0.0829. The predicted molar refractivity (Wildman–Crippen MR) is 178 cm³/mol. The van der Waals surface area contributed by atoms with Gasteiger partial charge in [-0.25, -0.2) is 4.79 Å². The number of rotatable bonds is 23. The Morgan fingerprint density at radius 1 is 0.667 bits per heavy atom. The van der Waals surface area contributed by atoms with Crippen LogP contribution in [0.3, 0.4) is 0 Å². The first kappa shape index (κ1) is 43.8. The number of hydrogen-bond donors (Lipinski definition) is 12. The van der Waals surface area contributed by atoms with Crippen LogP contribution in [0.1, 0.15) is 38.7 Å². The molecule has 20 nitrogen and oxygen atoms in total. The van der Waals surface area contributed by atoms with E-state index in [0.29, 0.717) is 12.0 Å². The molecule has 7 amide bonds. The monoisotopic (exact) mass is 724 g/mol. The van der Waals surface area contributed by atoms with Crippen LogP contribution in [-0.2, 0) is 44.8 Å². The van der Waals surface area contributed by atoms with Gasteiger partial charge in [0.15, 0.2) is 0 Å². The molecule has 0 spiro atoms. The minimum Gasteiger partial charge on any atom is -0.480 e. The lowest BCUT2D eigenvalue weighted by Crippen LogP contribution is -2.61. The maximum absolute atomic E-state index is 13.5. The van der Waals surface area contributed by atoms with Crippen molar-refractivity contribution in [3.63, 3.8) is 0 Å². The number of carbonyl (C=O) groups is 8. The molecule has 284 valence electrons. The molecule has 0 radical (unpaired) electrons. The maximum Gasteiger partial charge on any atom is 0.328 e. The highest BCUT2D eigenvalue weighted by molar-refractivity contribution is 5.97. The molecule has 0 unspecified atom stereocenters. The Morgan fingerprint density at radius 3 is 1.59 bits per heavy atom. The smallest absolute Gasteiger partial charge is 0.328 e. The zero-order valence-corrected chi connectivity index (χ0v) is 28.3. The molecule has 1 rings (SSSR count). The van der Waals surface area contributed by atoms with Crippen LogP contribution in [0.15, 0.2) is 30.3 Å². The summed E-state index contributed by atoms with van der Waals surface area (Å²) in [5.74, 6) is -8.55. The first-order valence-corrected chi connectivity index (χ1v) is 16.0. The van der Waals surface area contributed by atoms with Crippen LogP contribution in [-0.4, -0.2) is 130 Å². The van der Waals surface area contributed by atoms with Crippen molar-refractivity contribution in [1.82, 2.24) is 31.9 Å². The molecule has 0 bridgehead atoms. The molecular weight excluding hydrogens is 676 g/mol. The number of aliphatic hydroxyl groups is 3. The molecule has 0 heterocycles. The van der Waals surface area contributed by atoms with Crippen molar-refractivity contribution in [1.29, 1.82) is 0 Å². The van der Waals surface area contributed by atoms with E-state index in [4.69, 9.17) is 11.5 Å². The number of primary amides is 1. The Bertz CT molecular complexity index is 1370. The molecule has 0 aliphatic rings. The maximum atomic E-state index is 13.5. The van der Waals surface area contributed by atoms with Gasteiger partial charge in [0.1, 0.15) is 36.3 Å². The van der Waals surface area contributed by atoms with Gasteiger partial charge >= 0.3 is 5.97 Å². The fourth-order valence-corrected chi connectivity index (χ4v) is 4.47. The second-order valence-corrected chi connectivity index (χ2v) is 11.5. The predicted octanol–water partition coefficient (Wildman–Crippen LogP) is -5.53. The molecule has 0 aliphatic heterocycles. The highest BCUT2D eigenvalue weighted by atomic mass is 16.4. The molecule has 0 saturated carbocycles. The summed E-state index contributed by atoms with van der Waals surface area (Å²) in [4.78, 5) is 100. The van der Waals surface area contributed by atoms with Gasteiger partial charge < -0.3 is 63.8 Å². The number of benzene rings is 1. The SMILES string of the molecule is CC[C@H](C)[C@H](NC(=O)CN)C(=O)N[C@@H](CO)C(=O)N[C@@H](CO)C(=O)N[C@@H](Cc1ccccc1)C(=O)N[C@@H](CCC(N)=O)C(=O)N[C@@H](CO)C(=O)O. The topological polar surface area (TPSA) is 342 Å². The number of hydrogen-bond acceptors (Lipinski definition) is 12. The highest BCUT2D eigenvalue weighted by Crippen LogP contribution is 2.09. The second-order valence-electron chi connectivity index (χ2n) is 11.5. The Balaban J connectivity index is 3.23. The van der Waals surface area contributed by atoms with Gasteiger partial charge in [0.05, 0.1) is 26.4 Å². The molecule has 1 aromatic carbocycles. The number of nitrogens with two attached hydrogens (primary N) is 2. The van der Waals surface area contributed by atoms with Crippen molar-refractivity contribution in [3.8, 4) is 0 Å². The van der Waals surface area contributed by atoms with Gasteiger partial charge in [-0.05, 0) is 17.9 Å². The molecular formula is C31H48N8O12. The number of carboxylic acid groups (broad SMARTS) is 1. The molecule has 14 N–H and O–H groups in total. The normalized spacial score (nSPS) is 14.9. The molecule has 0 aliphatic carbocycles. The van der Waals surface area contributed by atoms with E-state index < -0.39 is 122 Å². The fraction of sp³-hybridized carbons (Fsp3) is 0.548. The van der Waals surface area contributed by atoms with Crippen LogP contribution in [0.5, 0.6) is 0 Å². The van der Waals surface area contributed by atoms with Crippen molar-refractivity contribution in [3.05, 3.63) is 35.9 Å². The number of carbonyl (C=O) groups excluding carboxylic acids is 7. The zero-order chi connectivity index (χ0) is 38.7. The van der Waals surface area contributed by atoms with E-state index in [2.05, 4.69) is 26.6 Å². The van der Waals surface area contributed by atoms with E-state index in [9.17, 15) is 58.8 Å². The summed E-state index contributed by atoms with van der Waals surface area (Å²) < 4.78 is 0. The van der Waals surface area contributed by atoms with Gasteiger partial charge in [-0.2, -0.15) is 0 Å². The van der Waals surface area contributed by atoms with Crippen LogP contribution in [0, 0.1) is 5.92 Å². The molecule has 51 heavy (non-hydrogen) atoms. The molecule has 0 saturated heterocycles. The second kappa shape index (κ2) is 22.5. The summed E-state index contributed by atoms with van der Waals surface area (Å²) in [7, 11) is 0. The standard InChI is InChI=1S/C31H48N8O12/c1-3-16(2)25(39-24(44)12-32)30(49)37-21(14-41)29(48)36-20(13-40)28(47)35-19(11-17-7-5-4-6-8-17)27(46)34-18(9-10-23(33)43)26(45)38-22(15-42)31(50)51/h4-8,16,18-22,25,40-42H,3,9-15,32H2,1-2H3,(H2,33,43)(H,34,46)(H,35,47)(H,36,48)(H,37,49)(H,38,45)(H,39,44)(H,50,51)/t16-,18-,19-,20-,21-,22-,25-/m0/s1. The summed E-state index contributed by atoms with van der Waals surface area (Å²) in [6, 6.07) is -1.06. The lowest BCUT2D eigenvalue weighted by Gasteiger charge is -2.27. The average molecular weight is 725 g/mol. The summed E-state index contributed by atoms with van der Waals surface area (Å²) in [5, 5.41) is 52.0. The Hall–Kier alpha value is -5.18. The van der Waals surface area contributed by atoms with Crippen LogP contribution in [0.2, 0.25) is 0 Å². The van der Waals surface area contributed by atoms with Gasteiger partial charge in [-0.15, -0.1) is 0 Å². The fourth-order valence-electron chi connectivity index (χ4n) is 4.47. The van der Waals surface area contributed by atoms with Gasteiger partial charge in [-0.1, -0.05) is 50.6 Å². The molecule has 0 aromatic heterocycles. The van der Waals surface area contributed by atoms with Gasteiger partial charge in [-0.3, -0.25) is 33.6 Å². The van der Waals surface area contributed by atoms with Crippen LogP contribution >= 0.6 is 0 Å². The van der Waals surface area contributed by atoms with E-state index in [1.807, 2.05) is 5.32 Å². The third kappa shape index (κ3) is 15.1. The van der Waals surface area contributed by atoms with E-state index in [-0.39, 0.29) is 12.8 Å². The first-order valence-electron chi connectivity index (χ1n) is 16.0. The zero-order valence-electron chi connectivity index (χ0n) is 28.3. The lowest BCUT2D eigenvalue weighted by molar-refractivity contribution is -0.143. The highest BCUT2D eigenvalue weighted by Gasteiger charge is 2.34. The largest absolute Gasteiger partial charge is 0.480 e. The lowest BCUT2D eigenvalue weighted by atomic mass is 9.98. The van der Waals surface area contributed by atoms with Gasteiger partial charge in [0.25, 0.3) is 0 Å². The molecule has 20 heteroatoms. The summed E-state index contributed by atoms with van der Waals surface area (Å²) >= 11 is 0. The molecule has 1 aromatic rings. The van der Waals surface area contributed by atoms with E-state index in [1.165, 1.54) is 0 Å². The van der Waals surface area contributed by atoms with Gasteiger partial charge in [0.2, 0.25) is 41.4 Å². The molecule has 0 fully saturated rings. The van der Waals surface area contributed by atoms with Crippen molar-refractivity contribution in [2.24, 2.45) is 17.4 Å².